The van der Waals surface area contributed by atoms with Gasteiger partial charge in [-0.05, 0) is 31.4 Å². The van der Waals surface area contributed by atoms with Crippen LogP contribution in [-0.4, -0.2) is 31.6 Å². The monoisotopic (exact) mass is 318 g/mol. The van der Waals surface area contributed by atoms with Crippen LogP contribution in [0.2, 0.25) is 0 Å². The van der Waals surface area contributed by atoms with Crippen molar-refractivity contribution >= 4 is 27.3 Å². The predicted molar refractivity (Wildman–Crippen MR) is 76.6 cm³/mol. The van der Waals surface area contributed by atoms with E-state index in [9.17, 15) is 13.2 Å². The van der Waals surface area contributed by atoms with E-state index in [-0.39, 0.29) is 21.2 Å². The van der Waals surface area contributed by atoms with E-state index in [2.05, 4.69) is 4.72 Å². The van der Waals surface area contributed by atoms with E-state index in [4.69, 9.17) is 10.8 Å². The van der Waals surface area contributed by atoms with Gasteiger partial charge in [0.2, 0.25) is 10.0 Å². The SMILES string of the molecule is Cc1cc(S(=O)(=O)NC2CCCCC2N)sc1C(=O)O. The highest BCUT2D eigenvalue weighted by Gasteiger charge is 2.29. The van der Waals surface area contributed by atoms with Crippen LogP contribution in [0.25, 0.3) is 0 Å². The van der Waals surface area contributed by atoms with Crippen LogP contribution in [0.1, 0.15) is 40.9 Å². The molecule has 2 rings (SSSR count). The fourth-order valence-electron chi connectivity index (χ4n) is 2.36. The summed E-state index contributed by atoms with van der Waals surface area (Å²) in [7, 11) is -3.70. The van der Waals surface area contributed by atoms with E-state index >= 15 is 0 Å². The van der Waals surface area contributed by atoms with Gasteiger partial charge in [-0.3, -0.25) is 0 Å². The maximum absolute atomic E-state index is 12.3. The fraction of sp³-hybridized carbons (Fsp3) is 0.583. The Morgan fingerprint density at radius 3 is 2.65 bits per heavy atom. The number of carboxylic acids is 1. The third-order valence-electron chi connectivity index (χ3n) is 3.48. The summed E-state index contributed by atoms with van der Waals surface area (Å²) < 4.78 is 27.2. The second-order valence-corrected chi connectivity index (χ2v) is 8.05. The van der Waals surface area contributed by atoms with Crippen LogP contribution in [0.4, 0.5) is 0 Å². The van der Waals surface area contributed by atoms with E-state index in [1.54, 1.807) is 6.92 Å². The molecule has 0 bridgehead atoms. The molecule has 0 radical (unpaired) electrons. The van der Waals surface area contributed by atoms with Gasteiger partial charge >= 0.3 is 5.97 Å². The molecule has 2 atom stereocenters. The fourth-order valence-corrected chi connectivity index (χ4v) is 5.08. The van der Waals surface area contributed by atoms with Crippen molar-refractivity contribution in [1.29, 1.82) is 0 Å². The second-order valence-electron chi connectivity index (χ2n) is 5.06. The zero-order chi connectivity index (χ0) is 14.9. The molecule has 1 aromatic heterocycles. The highest BCUT2D eigenvalue weighted by Crippen LogP contribution is 2.27. The smallest absolute Gasteiger partial charge is 0.346 e. The Morgan fingerprint density at radius 2 is 2.10 bits per heavy atom. The minimum Gasteiger partial charge on any atom is -0.477 e. The molecule has 20 heavy (non-hydrogen) atoms. The lowest BCUT2D eigenvalue weighted by Gasteiger charge is -2.28. The first-order valence-corrected chi connectivity index (χ1v) is 8.73. The van der Waals surface area contributed by atoms with Gasteiger partial charge < -0.3 is 10.8 Å². The minimum atomic E-state index is -3.70. The number of sulfonamides is 1. The van der Waals surface area contributed by atoms with Crippen LogP contribution in [-0.2, 0) is 10.0 Å². The van der Waals surface area contributed by atoms with Crippen molar-refractivity contribution in [1.82, 2.24) is 4.72 Å². The average molecular weight is 318 g/mol. The number of carbonyl (C=O) groups is 1. The molecule has 0 amide bonds. The standard InChI is InChI=1S/C12H18N2O4S2/c1-7-6-10(19-11(7)12(15)16)20(17,18)14-9-5-3-2-4-8(9)13/h6,8-9,14H,2-5,13H2,1H3,(H,15,16). The Morgan fingerprint density at radius 1 is 1.45 bits per heavy atom. The van der Waals surface area contributed by atoms with E-state index < -0.39 is 16.0 Å². The lowest BCUT2D eigenvalue weighted by atomic mass is 9.92. The van der Waals surface area contributed by atoms with Gasteiger partial charge in [0, 0.05) is 12.1 Å². The largest absolute Gasteiger partial charge is 0.477 e. The third kappa shape index (κ3) is 3.20. The summed E-state index contributed by atoms with van der Waals surface area (Å²) >= 11 is 0.774. The topological polar surface area (TPSA) is 109 Å². The van der Waals surface area contributed by atoms with Gasteiger partial charge in [-0.15, -0.1) is 11.3 Å². The van der Waals surface area contributed by atoms with Crippen molar-refractivity contribution in [3.63, 3.8) is 0 Å². The molecule has 1 aromatic rings. The van der Waals surface area contributed by atoms with E-state index in [1.165, 1.54) is 6.07 Å². The molecule has 1 heterocycles. The number of thiophene rings is 1. The van der Waals surface area contributed by atoms with Gasteiger partial charge in [-0.1, -0.05) is 12.8 Å². The molecule has 1 fully saturated rings. The first-order chi connectivity index (χ1) is 9.31. The number of hydrogen-bond acceptors (Lipinski definition) is 5. The van der Waals surface area contributed by atoms with E-state index in [1.807, 2.05) is 0 Å². The van der Waals surface area contributed by atoms with Gasteiger partial charge in [0.15, 0.2) is 0 Å². The van der Waals surface area contributed by atoms with Crippen LogP contribution in [0.15, 0.2) is 10.3 Å². The lowest BCUT2D eigenvalue weighted by Crippen LogP contribution is -2.49. The molecular weight excluding hydrogens is 300 g/mol. The van der Waals surface area contributed by atoms with Crippen LogP contribution in [0.3, 0.4) is 0 Å². The van der Waals surface area contributed by atoms with Crippen LogP contribution >= 0.6 is 11.3 Å². The minimum absolute atomic E-state index is 0.0326. The molecule has 2 unspecified atom stereocenters. The molecule has 0 aliphatic heterocycles. The van der Waals surface area contributed by atoms with Gasteiger partial charge in [0.25, 0.3) is 0 Å². The van der Waals surface area contributed by atoms with Crippen LogP contribution in [0.5, 0.6) is 0 Å². The van der Waals surface area contributed by atoms with Crippen molar-refractivity contribution < 1.29 is 18.3 Å². The Bertz CT molecular complexity index is 609. The van der Waals surface area contributed by atoms with Crippen LogP contribution < -0.4 is 10.5 Å². The number of nitrogens with one attached hydrogen (secondary N) is 1. The molecule has 8 heteroatoms. The van der Waals surface area contributed by atoms with Gasteiger partial charge in [0.05, 0.1) is 0 Å². The Hall–Kier alpha value is -0.960. The molecule has 1 aliphatic rings. The lowest BCUT2D eigenvalue weighted by molar-refractivity contribution is 0.0701. The first kappa shape index (κ1) is 15.4. The number of hydrogen-bond donors (Lipinski definition) is 3. The van der Waals surface area contributed by atoms with Crippen molar-refractivity contribution in [2.24, 2.45) is 5.73 Å². The molecule has 6 nitrogen and oxygen atoms in total. The van der Waals surface area contributed by atoms with Crippen molar-refractivity contribution in [2.75, 3.05) is 0 Å². The Balaban J connectivity index is 2.22. The molecule has 0 spiro atoms. The van der Waals surface area contributed by atoms with Crippen molar-refractivity contribution in [3.8, 4) is 0 Å². The quantitative estimate of drug-likeness (QED) is 0.775. The van der Waals surface area contributed by atoms with Gasteiger partial charge in [0.1, 0.15) is 9.09 Å². The third-order valence-corrected chi connectivity index (χ3v) is 6.67. The first-order valence-electron chi connectivity index (χ1n) is 6.43. The maximum Gasteiger partial charge on any atom is 0.346 e. The Kier molecular flexibility index (Phi) is 4.48. The van der Waals surface area contributed by atoms with Crippen LogP contribution in [0, 0.1) is 6.92 Å². The summed E-state index contributed by atoms with van der Waals surface area (Å²) in [4.78, 5) is 11.0. The highest BCUT2D eigenvalue weighted by atomic mass is 32.2. The number of rotatable bonds is 4. The Labute approximate surface area is 122 Å². The normalized spacial score (nSPS) is 23.7. The van der Waals surface area contributed by atoms with Crippen molar-refractivity contribution in [2.45, 2.75) is 48.9 Å². The number of carboxylic acid groups (broad SMARTS) is 1. The molecule has 112 valence electrons. The number of aryl methyl sites for hydroxylation is 1. The molecule has 0 aromatic carbocycles. The summed E-state index contributed by atoms with van der Waals surface area (Å²) in [6.07, 6.45) is 3.49. The second kappa shape index (κ2) is 5.80. The molecular formula is C12H18N2O4S2. The predicted octanol–water partition coefficient (Wildman–Crippen LogP) is 1.30. The highest BCUT2D eigenvalue weighted by molar-refractivity contribution is 7.91. The van der Waals surface area contributed by atoms with Crippen molar-refractivity contribution in [3.05, 3.63) is 16.5 Å². The number of aromatic carboxylic acids is 1. The maximum atomic E-state index is 12.3. The van der Waals surface area contributed by atoms with E-state index in [0.717, 1.165) is 37.0 Å². The summed E-state index contributed by atoms with van der Waals surface area (Å²) in [5.74, 6) is -1.11. The van der Waals surface area contributed by atoms with Gasteiger partial charge in [-0.25, -0.2) is 17.9 Å². The zero-order valence-electron chi connectivity index (χ0n) is 11.1. The zero-order valence-corrected chi connectivity index (χ0v) is 12.8. The summed E-state index contributed by atoms with van der Waals surface area (Å²) in [5, 5.41) is 8.98. The molecule has 4 N–H and O–H groups in total. The average Bonchev–Trinajstić information content (AvgIpc) is 2.75. The number of nitrogens with two attached hydrogens (primary N) is 1. The summed E-state index contributed by atoms with van der Waals surface area (Å²) in [5.41, 5.74) is 6.38. The summed E-state index contributed by atoms with van der Waals surface area (Å²) in [6, 6.07) is 0.938. The molecule has 0 saturated heterocycles. The van der Waals surface area contributed by atoms with Gasteiger partial charge in [-0.2, -0.15) is 0 Å². The molecule has 1 saturated carbocycles. The van der Waals surface area contributed by atoms with E-state index in [0.29, 0.717) is 5.56 Å². The molecule has 1 aliphatic carbocycles. The summed E-state index contributed by atoms with van der Waals surface area (Å²) in [6.45, 7) is 1.59.